The zero-order valence-electron chi connectivity index (χ0n) is 17.7. The van der Waals surface area contributed by atoms with Gasteiger partial charge in [0.15, 0.2) is 0 Å². The number of amides is 1. The van der Waals surface area contributed by atoms with Crippen molar-refractivity contribution in [3.8, 4) is 0 Å². The third-order valence-corrected chi connectivity index (χ3v) is 5.27. The van der Waals surface area contributed by atoms with E-state index >= 15 is 0 Å². The summed E-state index contributed by atoms with van der Waals surface area (Å²) in [4.78, 5) is 25.7. The number of fused-ring (bicyclic) bond motifs is 1. The van der Waals surface area contributed by atoms with Gasteiger partial charge in [-0.3, -0.25) is 9.59 Å². The number of methoxy groups -OCH3 is 1. The van der Waals surface area contributed by atoms with Crippen LogP contribution in [0.15, 0.2) is 77.9 Å². The Bertz CT molecular complexity index is 1290. The summed E-state index contributed by atoms with van der Waals surface area (Å²) in [6.45, 7) is 3.82. The van der Waals surface area contributed by atoms with Gasteiger partial charge in [0.05, 0.1) is 13.2 Å². The van der Waals surface area contributed by atoms with Gasteiger partial charge in [-0.25, -0.2) is 0 Å². The normalized spacial score (nSPS) is 11.0. The van der Waals surface area contributed by atoms with E-state index < -0.39 is 5.91 Å². The predicted molar refractivity (Wildman–Crippen MR) is 123 cm³/mol. The van der Waals surface area contributed by atoms with Crippen molar-refractivity contribution >= 4 is 22.5 Å². The lowest BCUT2D eigenvalue weighted by atomic mass is 10.1. The van der Waals surface area contributed by atoms with Gasteiger partial charge in [0.1, 0.15) is 5.56 Å². The lowest BCUT2D eigenvalue weighted by Crippen LogP contribution is -2.29. The maximum Gasteiger partial charge on any atom is 0.263 e. The van der Waals surface area contributed by atoms with E-state index in [4.69, 9.17) is 4.74 Å². The van der Waals surface area contributed by atoms with Crippen molar-refractivity contribution in [3.63, 3.8) is 0 Å². The SMILES string of the molecule is COCCn1ccc2cc(NC(=O)c3cccn(Cc4cccc(C)c4)c3=O)ccc21. The minimum absolute atomic E-state index is 0.118. The Kier molecular flexibility index (Phi) is 6.00. The van der Waals surface area contributed by atoms with Gasteiger partial charge in [-0.1, -0.05) is 29.8 Å². The Morgan fingerprint density at radius 1 is 1.00 bits per heavy atom. The number of nitrogens with one attached hydrogen (secondary N) is 1. The fourth-order valence-electron chi connectivity index (χ4n) is 3.70. The molecule has 158 valence electrons. The fraction of sp³-hybridized carbons (Fsp3) is 0.200. The first-order chi connectivity index (χ1) is 15.0. The van der Waals surface area contributed by atoms with E-state index in [1.54, 1.807) is 30.0 Å². The molecule has 6 nitrogen and oxygen atoms in total. The first-order valence-electron chi connectivity index (χ1n) is 10.2. The molecule has 0 atom stereocenters. The zero-order valence-corrected chi connectivity index (χ0v) is 17.7. The van der Waals surface area contributed by atoms with Crippen LogP contribution in [0.5, 0.6) is 0 Å². The number of aromatic nitrogens is 2. The van der Waals surface area contributed by atoms with Crippen LogP contribution in [0.4, 0.5) is 5.69 Å². The molecule has 0 aliphatic heterocycles. The van der Waals surface area contributed by atoms with Gasteiger partial charge in [0, 0.05) is 42.6 Å². The minimum atomic E-state index is -0.415. The summed E-state index contributed by atoms with van der Waals surface area (Å²) in [6.07, 6.45) is 3.70. The van der Waals surface area contributed by atoms with Crippen LogP contribution < -0.4 is 10.9 Å². The molecule has 0 aliphatic rings. The number of hydrogen-bond donors (Lipinski definition) is 1. The van der Waals surface area contributed by atoms with Gasteiger partial charge in [-0.2, -0.15) is 0 Å². The smallest absolute Gasteiger partial charge is 0.263 e. The van der Waals surface area contributed by atoms with Crippen LogP contribution in [-0.4, -0.2) is 28.8 Å². The highest BCUT2D eigenvalue weighted by molar-refractivity contribution is 6.04. The van der Waals surface area contributed by atoms with E-state index in [2.05, 4.69) is 9.88 Å². The predicted octanol–water partition coefficient (Wildman–Crippen LogP) is 4.06. The van der Waals surface area contributed by atoms with Crippen LogP contribution in [0, 0.1) is 6.92 Å². The molecule has 2 heterocycles. The van der Waals surface area contributed by atoms with Gasteiger partial charge in [0.25, 0.3) is 11.5 Å². The molecule has 0 unspecified atom stereocenters. The molecule has 2 aromatic carbocycles. The van der Waals surface area contributed by atoms with E-state index in [1.807, 2.05) is 61.7 Å². The second-order valence-electron chi connectivity index (χ2n) is 7.57. The molecule has 0 radical (unpaired) electrons. The van der Waals surface area contributed by atoms with Crippen molar-refractivity contribution in [1.29, 1.82) is 0 Å². The van der Waals surface area contributed by atoms with Crippen LogP contribution in [0.2, 0.25) is 0 Å². The average molecular weight is 415 g/mol. The highest BCUT2D eigenvalue weighted by atomic mass is 16.5. The van der Waals surface area contributed by atoms with Crippen LogP contribution in [0.3, 0.4) is 0 Å². The monoisotopic (exact) mass is 415 g/mol. The highest BCUT2D eigenvalue weighted by Crippen LogP contribution is 2.21. The van der Waals surface area contributed by atoms with E-state index in [0.717, 1.165) is 28.6 Å². The molecule has 0 bridgehead atoms. The molecule has 6 heteroatoms. The zero-order chi connectivity index (χ0) is 21.8. The number of carbonyl (C=O) groups excluding carboxylic acids is 1. The number of hydrogen-bond acceptors (Lipinski definition) is 3. The number of carbonyl (C=O) groups is 1. The van der Waals surface area contributed by atoms with Gasteiger partial charge in [-0.05, 0) is 48.9 Å². The van der Waals surface area contributed by atoms with Crippen molar-refractivity contribution in [2.75, 3.05) is 19.0 Å². The molecule has 0 saturated heterocycles. The van der Waals surface area contributed by atoms with Crippen molar-refractivity contribution in [2.24, 2.45) is 0 Å². The van der Waals surface area contributed by atoms with Crippen molar-refractivity contribution in [1.82, 2.24) is 9.13 Å². The van der Waals surface area contributed by atoms with Gasteiger partial charge in [-0.15, -0.1) is 0 Å². The number of pyridine rings is 1. The molecular formula is C25H25N3O3. The van der Waals surface area contributed by atoms with Gasteiger partial charge in [0.2, 0.25) is 0 Å². The number of aryl methyl sites for hydroxylation is 1. The molecule has 0 spiro atoms. The molecule has 4 rings (SSSR count). The first-order valence-corrected chi connectivity index (χ1v) is 10.2. The van der Waals surface area contributed by atoms with E-state index in [0.29, 0.717) is 18.8 Å². The van der Waals surface area contributed by atoms with E-state index in [-0.39, 0.29) is 11.1 Å². The summed E-state index contributed by atoms with van der Waals surface area (Å²) >= 11 is 0. The number of ether oxygens (including phenoxy) is 1. The lowest BCUT2D eigenvalue weighted by Gasteiger charge is -2.10. The molecule has 1 N–H and O–H groups in total. The fourth-order valence-corrected chi connectivity index (χ4v) is 3.70. The largest absolute Gasteiger partial charge is 0.383 e. The van der Waals surface area contributed by atoms with Gasteiger partial charge >= 0.3 is 0 Å². The Morgan fingerprint density at radius 2 is 1.87 bits per heavy atom. The maximum atomic E-state index is 12.9. The highest BCUT2D eigenvalue weighted by Gasteiger charge is 2.13. The van der Waals surface area contributed by atoms with Crippen molar-refractivity contribution in [3.05, 3.63) is 100 Å². The van der Waals surface area contributed by atoms with E-state index in [9.17, 15) is 9.59 Å². The van der Waals surface area contributed by atoms with E-state index in [1.165, 1.54) is 0 Å². The number of rotatable bonds is 7. The van der Waals surface area contributed by atoms with Crippen LogP contribution in [-0.2, 0) is 17.8 Å². The summed E-state index contributed by atoms with van der Waals surface area (Å²) in [6, 6.07) is 19.0. The van der Waals surface area contributed by atoms with Crippen molar-refractivity contribution < 1.29 is 9.53 Å². The molecular weight excluding hydrogens is 390 g/mol. The van der Waals surface area contributed by atoms with Crippen LogP contribution >= 0.6 is 0 Å². The second kappa shape index (κ2) is 9.02. The van der Waals surface area contributed by atoms with Crippen molar-refractivity contribution in [2.45, 2.75) is 20.0 Å². The quantitative estimate of drug-likeness (QED) is 0.495. The number of anilines is 1. The van der Waals surface area contributed by atoms with Crippen LogP contribution in [0.1, 0.15) is 21.5 Å². The molecule has 4 aromatic rings. The minimum Gasteiger partial charge on any atom is -0.383 e. The summed E-state index contributed by atoms with van der Waals surface area (Å²) in [7, 11) is 1.68. The Balaban J connectivity index is 1.54. The molecule has 1 amide bonds. The van der Waals surface area contributed by atoms with Crippen LogP contribution in [0.25, 0.3) is 10.9 Å². The summed E-state index contributed by atoms with van der Waals surface area (Å²) in [5, 5.41) is 3.87. The molecule has 0 aliphatic carbocycles. The summed E-state index contributed by atoms with van der Waals surface area (Å²) < 4.78 is 8.81. The number of benzene rings is 2. The van der Waals surface area contributed by atoms with Gasteiger partial charge < -0.3 is 19.2 Å². The Morgan fingerprint density at radius 3 is 2.68 bits per heavy atom. The average Bonchev–Trinajstić information content (AvgIpc) is 3.16. The maximum absolute atomic E-state index is 12.9. The standard InChI is InChI=1S/C25H25N3O3/c1-18-5-3-6-19(15-18)17-28-11-4-7-22(25(28)30)24(29)26-21-8-9-23-20(16-21)10-12-27(23)13-14-31-2/h3-12,15-16H,13-14,17H2,1-2H3,(H,26,29). The Hall–Kier alpha value is -3.64. The third-order valence-electron chi connectivity index (χ3n) is 5.27. The summed E-state index contributed by atoms with van der Waals surface area (Å²) in [5.74, 6) is -0.415. The molecule has 0 saturated carbocycles. The molecule has 2 aromatic heterocycles. The molecule has 0 fully saturated rings. The topological polar surface area (TPSA) is 65.3 Å². The lowest BCUT2D eigenvalue weighted by molar-refractivity contribution is 0.102. The third kappa shape index (κ3) is 4.59. The Labute approximate surface area is 180 Å². The second-order valence-corrected chi connectivity index (χ2v) is 7.57. The summed E-state index contributed by atoms with van der Waals surface area (Å²) in [5.41, 5.74) is 3.67. The first kappa shape index (κ1) is 20.6. The molecule has 31 heavy (non-hydrogen) atoms. The number of nitrogens with zero attached hydrogens (tertiary/aromatic N) is 2.